The molecule has 1 aliphatic heterocycles. The summed E-state index contributed by atoms with van der Waals surface area (Å²) in [6.45, 7) is 7.77. The van der Waals surface area contributed by atoms with Crippen LogP contribution < -0.4 is 0 Å². The number of aromatic nitrogens is 4. The molecule has 0 saturated carbocycles. The molecular formula is C18H22N6O2S. The van der Waals surface area contributed by atoms with Crippen LogP contribution >= 0.6 is 11.3 Å². The van der Waals surface area contributed by atoms with Crippen molar-refractivity contribution in [1.82, 2.24) is 29.7 Å². The van der Waals surface area contributed by atoms with Gasteiger partial charge in [-0.15, -0.1) is 11.3 Å². The molecule has 9 heteroatoms. The van der Waals surface area contributed by atoms with E-state index in [-0.39, 0.29) is 5.91 Å². The standard InChI is InChI=1S/C18H22N6O2S/c1-12-15(13(2)26-21-12)10-23-4-6-24(7-5-23)18(25)16-11-27-17(20-16)14-8-19-22(3)9-14/h8-9,11H,4-7,10H2,1-3H3. The maximum Gasteiger partial charge on any atom is 0.273 e. The number of aryl methyl sites for hydroxylation is 3. The van der Waals surface area contributed by atoms with E-state index in [9.17, 15) is 4.79 Å². The molecule has 0 aliphatic carbocycles. The van der Waals surface area contributed by atoms with E-state index in [0.717, 1.165) is 47.2 Å². The molecule has 27 heavy (non-hydrogen) atoms. The third-order valence-electron chi connectivity index (χ3n) is 4.90. The zero-order valence-corrected chi connectivity index (χ0v) is 16.5. The van der Waals surface area contributed by atoms with Crippen LogP contribution in [0.3, 0.4) is 0 Å². The van der Waals surface area contributed by atoms with Crippen LogP contribution in [0.5, 0.6) is 0 Å². The van der Waals surface area contributed by atoms with E-state index >= 15 is 0 Å². The first-order valence-electron chi connectivity index (χ1n) is 8.89. The second kappa shape index (κ2) is 7.24. The van der Waals surface area contributed by atoms with Crippen LogP contribution in [-0.2, 0) is 13.6 Å². The number of rotatable bonds is 4. The second-order valence-corrected chi connectivity index (χ2v) is 7.67. The third-order valence-corrected chi connectivity index (χ3v) is 5.79. The maximum atomic E-state index is 12.8. The van der Waals surface area contributed by atoms with Crippen LogP contribution in [0.2, 0.25) is 0 Å². The summed E-state index contributed by atoms with van der Waals surface area (Å²) in [6, 6.07) is 0. The fourth-order valence-electron chi connectivity index (χ4n) is 3.26. The van der Waals surface area contributed by atoms with Gasteiger partial charge in [0.05, 0.1) is 11.9 Å². The van der Waals surface area contributed by atoms with Crippen molar-refractivity contribution < 1.29 is 9.32 Å². The molecule has 0 bridgehead atoms. The van der Waals surface area contributed by atoms with E-state index in [2.05, 4.69) is 20.1 Å². The van der Waals surface area contributed by atoms with Crippen molar-refractivity contribution in [1.29, 1.82) is 0 Å². The average Bonchev–Trinajstić information content (AvgIpc) is 3.38. The highest BCUT2D eigenvalue weighted by Crippen LogP contribution is 2.24. The fourth-order valence-corrected chi connectivity index (χ4v) is 4.03. The molecule has 0 aromatic carbocycles. The Hall–Kier alpha value is -2.52. The van der Waals surface area contributed by atoms with Crippen molar-refractivity contribution >= 4 is 17.2 Å². The van der Waals surface area contributed by atoms with Gasteiger partial charge in [0.2, 0.25) is 0 Å². The first-order chi connectivity index (χ1) is 13.0. The molecule has 4 rings (SSSR count). The van der Waals surface area contributed by atoms with Crippen LogP contribution in [0.15, 0.2) is 22.3 Å². The van der Waals surface area contributed by atoms with Gasteiger partial charge in [0.15, 0.2) is 0 Å². The Labute approximate surface area is 161 Å². The van der Waals surface area contributed by atoms with Gasteiger partial charge in [0, 0.05) is 62.5 Å². The van der Waals surface area contributed by atoms with E-state index in [0.29, 0.717) is 18.8 Å². The molecule has 3 aromatic heterocycles. The summed E-state index contributed by atoms with van der Waals surface area (Å²) in [4.78, 5) is 21.5. The van der Waals surface area contributed by atoms with E-state index in [4.69, 9.17) is 4.52 Å². The molecule has 0 radical (unpaired) electrons. The molecule has 8 nitrogen and oxygen atoms in total. The van der Waals surface area contributed by atoms with Gasteiger partial charge in [0.25, 0.3) is 5.91 Å². The Morgan fingerprint density at radius 2 is 2.04 bits per heavy atom. The van der Waals surface area contributed by atoms with Crippen LogP contribution in [0, 0.1) is 13.8 Å². The highest BCUT2D eigenvalue weighted by atomic mass is 32.1. The van der Waals surface area contributed by atoms with Gasteiger partial charge in [-0.3, -0.25) is 14.4 Å². The van der Waals surface area contributed by atoms with Crippen molar-refractivity contribution in [3.8, 4) is 10.6 Å². The topological polar surface area (TPSA) is 80.3 Å². The quantitative estimate of drug-likeness (QED) is 0.683. The Morgan fingerprint density at radius 3 is 2.67 bits per heavy atom. The van der Waals surface area contributed by atoms with Crippen LogP contribution in [0.25, 0.3) is 10.6 Å². The SMILES string of the molecule is Cc1noc(C)c1CN1CCN(C(=O)c2csc(-c3cnn(C)c3)n2)CC1. The van der Waals surface area contributed by atoms with Crippen molar-refractivity contribution in [3.05, 3.63) is 40.5 Å². The van der Waals surface area contributed by atoms with Crippen molar-refractivity contribution in [3.63, 3.8) is 0 Å². The largest absolute Gasteiger partial charge is 0.361 e. The predicted octanol–water partition coefficient (Wildman–Crippen LogP) is 2.11. The normalized spacial score (nSPS) is 15.4. The van der Waals surface area contributed by atoms with E-state index in [1.54, 1.807) is 10.9 Å². The lowest BCUT2D eigenvalue weighted by Gasteiger charge is -2.34. The van der Waals surface area contributed by atoms with Crippen molar-refractivity contribution in [2.45, 2.75) is 20.4 Å². The van der Waals surface area contributed by atoms with Crippen molar-refractivity contribution in [2.75, 3.05) is 26.2 Å². The first-order valence-corrected chi connectivity index (χ1v) is 9.77. The number of carbonyl (C=O) groups is 1. The number of carbonyl (C=O) groups excluding carboxylic acids is 1. The molecule has 3 aromatic rings. The Balaban J connectivity index is 1.37. The fraction of sp³-hybridized carbons (Fsp3) is 0.444. The number of piperazine rings is 1. The summed E-state index contributed by atoms with van der Waals surface area (Å²) < 4.78 is 6.97. The summed E-state index contributed by atoms with van der Waals surface area (Å²) in [5, 5.41) is 10.8. The number of hydrogen-bond donors (Lipinski definition) is 0. The zero-order chi connectivity index (χ0) is 19.0. The highest BCUT2D eigenvalue weighted by molar-refractivity contribution is 7.13. The van der Waals surface area contributed by atoms with Gasteiger partial charge >= 0.3 is 0 Å². The smallest absolute Gasteiger partial charge is 0.273 e. The van der Waals surface area contributed by atoms with Gasteiger partial charge < -0.3 is 9.42 Å². The number of hydrogen-bond acceptors (Lipinski definition) is 7. The zero-order valence-electron chi connectivity index (χ0n) is 15.7. The monoisotopic (exact) mass is 386 g/mol. The third kappa shape index (κ3) is 3.65. The second-order valence-electron chi connectivity index (χ2n) is 6.81. The number of thiazole rings is 1. The molecule has 1 saturated heterocycles. The van der Waals surface area contributed by atoms with E-state index in [1.807, 2.05) is 37.4 Å². The summed E-state index contributed by atoms with van der Waals surface area (Å²) in [6.07, 6.45) is 3.67. The summed E-state index contributed by atoms with van der Waals surface area (Å²) in [5.74, 6) is 0.870. The van der Waals surface area contributed by atoms with Gasteiger partial charge in [-0.2, -0.15) is 5.10 Å². The van der Waals surface area contributed by atoms with Crippen LogP contribution in [0.4, 0.5) is 0 Å². The molecule has 1 aliphatic rings. The Morgan fingerprint density at radius 1 is 1.26 bits per heavy atom. The lowest BCUT2D eigenvalue weighted by atomic mass is 10.1. The molecule has 142 valence electrons. The lowest BCUT2D eigenvalue weighted by molar-refractivity contribution is 0.0622. The summed E-state index contributed by atoms with van der Waals surface area (Å²) in [5.41, 5.74) is 3.54. The number of amides is 1. The Bertz CT molecular complexity index is 931. The molecule has 0 atom stereocenters. The molecule has 1 amide bonds. The lowest BCUT2D eigenvalue weighted by Crippen LogP contribution is -2.48. The van der Waals surface area contributed by atoms with E-state index < -0.39 is 0 Å². The van der Waals surface area contributed by atoms with Gasteiger partial charge in [-0.25, -0.2) is 4.98 Å². The van der Waals surface area contributed by atoms with Gasteiger partial charge in [-0.1, -0.05) is 5.16 Å². The maximum absolute atomic E-state index is 12.8. The summed E-state index contributed by atoms with van der Waals surface area (Å²) >= 11 is 1.48. The highest BCUT2D eigenvalue weighted by Gasteiger charge is 2.25. The average molecular weight is 386 g/mol. The predicted molar refractivity (Wildman–Crippen MR) is 101 cm³/mol. The minimum atomic E-state index is -0.00150. The van der Waals surface area contributed by atoms with Crippen LogP contribution in [0.1, 0.15) is 27.5 Å². The molecule has 0 N–H and O–H groups in total. The number of nitrogens with zero attached hydrogens (tertiary/aromatic N) is 6. The Kier molecular flexibility index (Phi) is 4.79. The van der Waals surface area contributed by atoms with E-state index in [1.165, 1.54) is 11.3 Å². The molecule has 0 unspecified atom stereocenters. The molecule has 4 heterocycles. The minimum Gasteiger partial charge on any atom is -0.361 e. The van der Waals surface area contributed by atoms with Crippen LogP contribution in [-0.4, -0.2) is 61.8 Å². The molecule has 1 fully saturated rings. The van der Waals surface area contributed by atoms with Gasteiger partial charge in [0.1, 0.15) is 16.5 Å². The van der Waals surface area contributed by atoms with Crippen molar-refractivity contribution in [2.24, 2.45) is 7.05 Å². The van der Waals surface area contributed by atoms with Gasteiger partial charge in [-0.05, 0) is 13.8 Å². The molecule has 0 spiro atoms. The minimum absolute atomic E-state index is 0.00150. The summed E-state index contributed by atoms with van der Waals surface area (Å²) in [7, 11) is 1.87. The molecular weight excluding hydrogens is 364 g/mol. The first kappa shape index (κ1) is 17.9.